The van der Waals surface area contributed by atoms with Gasteiger partial charge in [0.15, 0.2) is 0 Å². The van der Waals surface area contributed by atoms with Gasteiger partial charge in [0.25, 0.3) is 11.5 Å². The van der Waals surface area contributed by atoms with E-state index in [1.165, 1.54) is 11.3 Å². The summed E-state index contributed by atoms with van der Waals surface area (Å²) in [5, 5.41) is 0.521. The molecule has 2 aromatic rings. The molecular formula is C12H15N3O2S. The van der Waals surface area contributed by atoms with Gasteiger partial charge in [-0.05, 0) is 18.9 Å². The van der Waals surface area contributed by atoms with E-state index in [1.54, 1.807) is 17.8 Å². The second-order valence-electron chi connectivity index (χ2n) is 4.20. The molecule has 2 rings (SSSR count). The van der Waals surface area contributed by atoms with E-state index in [4.69, 9.17) is 5.73 Å². The standard InChI is InChI=1S/C12H15N3O2S/c1-3-4-5-15-6-14-11-8(12(15)17)7(2)9(18-11)10(13)16/h6H,3-5H2,1-2H3,(H2,13,16). The number of carbonyl (C=O) groups is 1. The zero-order valence-corrected chi connectivity index (χ0v) is 11.2. The Kier molecular flexibility index (Phi) is 3.47. The number of aromatic nitrogens is 2. The number of hydrogen-bond donors (Lipinski definition) is 1. The minimum Gasteiger partial charge on any atom is -0.365 e. The average molecular weight is 265 g/mol. The first-order chi connectivity index (χ1) is 8.56. The highest BCUT2D eigenvalue weighted by Crippen LogP contribution is 2.26. The minimum atomic E-state index is -0.505. The molecule has 0 bridgehead atoms. The lowest BCUT2D eigenvalue weighted by Gasteiger charge is -2.03. The molecule has 0 saturated carbocycles. The summed E-state index contributed by atoms with van der Waals surface area (Å²) in [6.45, 7) is 4.46. The summed E-state index contributed by atoms with van der Waals surface area (Å²) in [5.41, 5.74) is 5.84. The third-order valence-corrected chi connectivity index (χ3v) is 4.11. The molecule has 6 heteroatoms. The summed E-state index contributed by atoms with van der Waals surface area (Å²) in [5.74, 6) is -0.505. The fraction of sp³-hybridized carbons (Fsp3) is 0.417. The number of hydrogen-bond acceptors (Lipinski definition) is 4. The highest BCUT2D eigenvalue weighted by atomic mass is 32.1. The molecule has 0 saturated heterocycles. The Morgan fingerprint density at radius 3 is 2.89 bits per heavy atom. The van der Waals surface area contributed by atoms with E-state index >= 15 is 0 Å². The predicted molar refractivity (Wildman–Crippen MR) is 72.0 cm³/mol. The van der Waals surface area contributed by atoms with Crippen molar-refractivity contribution in [1.82, 2.24) is 9.55 Å². The van der Waals surface area contributed by atoms with Gasteiger partial charge in [-0.1, -0.05) is 13.3 Å². The van der Waals surface area contributed by atoms with Crippen LogP contribution in [-0.4, -0.2) is 15.5 Å². The van der Waals surface area contributed by atoms with E-state index in [9.17, 15) is 9.59 Å². The van der Waals surface area contributed by atoms with E-state index in [2.05, 4.69) is 11.9 Å². The van der Waals surface area contributed by atoms with Crippen LogP contribution in [0.25, 0.3) is 10.2 Å². The zero-order chi connectivity index (χ0) is 13.3. The first-order valence-corrected chi connectivity index (χ1v) is 6.66. The zero-order valence-electron chi connectivity index (χ0n) is 10.4. The fourth-order valence-electron chi connectivity index (χ4n) is 1.88. The van der Waals surface area contributed by atoms with Crippen LogP contribution in [0, 0.1) is 6.92 Å². The van der Waals surface area contributed by atoms with Gasteiger partial charge in [0.05, 0.1) is 16.6 Å². The van der Waals surface area contributed by atoms with E-state index in [0.717, 1.165) is 12.8 Å². The Bertz CT molecular complexity index is 657. The summed E-state index contributed by atoms with van der Waals surface area (Å²) < 4.78 is 1.59. The van der Waals surface area contributed by atoms with Crippen molar-refractivity contribution in [3.63, 3.8) is 0 Å². The van der Waals surface area contributed by atoms with Crippen LogP contribution in [0.4, 0.5) is 0 Å². The molecule has 2 N–H and O–H groups in total. The van der Waals surface area contributed by atoms with Crippen LogP contribution in [0.15, 0.2) is 11.1 Å². The fourth-order valence-corrected chi connectivity index (χ4v) is 2.87. The molecule has 2 heterocycles. The largest absolute Gasteiger partial charge is 0.365 e. The molecule has 0 aromatic carbocycles. The van der Waals surface area contributed by atoms with Gasteiger partial charge in [0.2, 0.25) is 0 Å². The number of nitrogens with two attached hydrogens (primary N) is 1. The molecule has 0 fully saturated rings. The van der Waals surface area contributed by atoms with Gasteiger partial charge in [0, 0.05) is 6.54 Å². The van der Waals surface area contributed by atoms with Crippen LogP contribution in [-0.2, 0) is 6.54 Å². The monoisotopic (exact) mass is 265 g/mol. The highest BCUT2D eigenvalue weighted by Gasteiger charge is 2.17. The number of aryl methyl sites for hydroxylation is 2. The number of carbonyl (C=O) groups excluding carboxylic acids is 1. The summed E-state index contributed by atoms with van der Waals surface area (Å²) in [6, 6.07) is 0. The summed E-state index contributed by atoms with van der Waals surface area (Å²) in [4.78, 5) is 28.8. The number of thiophene rings is 1. The van der Waals surface area contributed by atoms with Crippen LogP contribution in [0.1, 0.15) is 35.0 Å². The predicted octanol–water partition coefficient (Wildman–Crippen LogP) is 1.67. The summed E-state index contributed by atoms with van der Waals surface area (Å²) in [6.07, 6.45) is 3.49. The van der Waals surface area contributed by atoms with Crippen LogP contribution < -0.4 is 11.3 Å². The topological polar surface area (TPSA) is 78.0 Å². The maximum Gasteiger partial charge on any atom is 0.262 e. The van der Waals surface area contributed by atoms with Gasteiger partial charge in [-0.2, -0.15) is 0 Å². The molecule has 0 radical (unpaired) electrons. The summed E-state index contributed by atoms with van der Waals surface area (Å²) in [7, 11) is 0. The van der Waals surface area contributed by atoms with Crippen molar-refractivity contribution in [2.45, 2.75) is 33.2 Å². The lowest BCUT2D eigenvalue weighted by molar-refractivity contribution is 0.100. The van der Waals surface area contributed by atoms with E-state index in [0.29, 0.717) is 27.2 Å². The van der Waals surface area contributed by atoms with Gasteiger partial charge in [-0.3, -0.25) is 14.2 Å². The average Bonchev–Trinajstić information content (AvgIpc) is 2.67. The molecule has 5 nitrogen and oxygen atoms in total. The maximum atomic E-state index is 12.3. The SMILES string of the molecule is CCCCn1cnc2sc(C(N)=O)c(C)c2c1=O. The second-order valence-corrected chi connectivity index (χ2v) is 5.20. The van der Waals surface area contributed by atoms with Gasteiger partial charge in [-0.15, -0.1) is 11.3 Å². The van der Waals surface area contributed by atoms with Crippen LogP contribution >= 0.6 is 11.3 Å². The van der Waals surface area contributed by atoms with E-state index < -0.39 is 5.91 Å². The third-order valence-electron chi connectivity index (χ3n) is 2.89. The van der Waals surface area contributed by atoms with Crippen LogP contribution in [0.3, 0.4) is 0 Å². The quantitative estimate of drug-likeness (QED) is 0.913. The molecule has 18 heavy (non-hydrogen) atoms. The Morgan fingerprint density at radius 2 is 2.28 bits per heavy atom. The maximum absolute atomic E-state index is 12.3. The number of amides is 1. The Balaban J connectivity index is 2.63. The molecule has 2 aromatic heterocycles. The molecule has 0 aliphatic heterocycles. The number of nitrogens with zero attached hydrogens (tertiary/aromatic N) is 2. The normalized spacial score (nSPS) is 11.0. The third kappa shape index (κ3) is 2.03. The minimum absolute atomic E-state index is 0.0882. The smallest absolute Gasteiger partial charge is 0.262 e. The first kappa shape index (κ1) is 12.8. The highest BCUT2D eigenvalue weighted by molar-refractivity contribution is 7.20. The van der Waals surface area contributed by atoms with Gasteiger partial charge < -0.3 is 5.73 Å². The summed E-state index contributed by atoms with van der Waals surface area (Å²) >= 11 is 1.18. The molecule has 0 spiro atoms. The molecule has 0 atom stereocenters. The van der Waals surface area contributed by atoms with Crippen LogP contribution in [0.2, 0.25) is 0 Å². The lowest BCUT2D eigenvalue weighted by Crippen LogP contribution is -2.20. The lowest BCUT2D eigenvalue weighted by atomic mass is 10.2. The van der Waals surface area contributed by atoms with Crippen molar-refractivity contribution in [1.29, 1.82) is 0 Å². The van der Waals surface area contributed by atoms with Gasteiger partial charge >= 0.3 is 0 Å². The van der Waals surface area contributed by atoms with Crippen LogP contribution in [0.5, 0.6) is 0 Å². The molecule has 0 unspecified atom stereocenters. The first-order valence-electron chi connectivity index (χ1n) is 5.84. The number of rotatable bonds is 4. The van der Waals surface area contributed by atoms with Crippen molar-refractivity contribution in [2.75, 3.05) is 0 Å². The number of unbranched alkanes of at least 4 members (excludes halogenated alkanes) is 1. The van der Waals surface area contributed by atoms with Crippen molar-refractivity contribution in [2.24, 2.45) is 5.73 Å². The number of primary amides is 1. The second kappa shape index (κ2) is 4.89. The van der Waals surface area contributed by atoms with Crippen molar-refractivity contribution in [3.05, 3.63) is 27.1 Å². The molecular weight excluding hydrogens is 250 g/mol. The van der Waals surface area contributed by atoms with Gasteiger partial charge in [-0.25, -0.2) is 4.98 Å². The molecule has 0 aliphatic carbocycles. The van der Waals surface area contributed by atoms with Crippen molar-refractivity contribution < 1.29 is 4.79 Å². The van der Waals surface area contributed by atoms with Crippen molar-refractivity contribution in [3.8, 4) is 0 Å². The molecule has 1 amide bonds. The molecule has 96 valence electrons. The van der Waals surface area contributed by atoms with Gasteiger partial charge in [0.1, 0.15) is 4.83 Å². The van der Waals surface area contributed by atoms with Crippen molar-refractivity contribution >= 4 is 27.5 Å². The Hall–Kier alpha value is -1.69. The number of fused-ring (bicyclic) bond motifs is 1. The Morgan fingerprint density at radius 1 is 1.56 bits per heavy atom. The molecule has 0 aliphatic rings. The van der Waals surface area contributed by atoms with E-state index in [-0.39, 0.29) is 5.56 Å². The Labute approximate surface area is 108 Å². The van der Waals surface area contributed by atoms with E-state index in [1.807, 2.05) is 0 Å².